The fourth-order valence-corrected chi connectivity index (χ4v) is 3.23. The maximum Gasteiger partial charge on any atom is 0.221 e. The summed E-state index contributed by atoms with van der Waals surface area (Å²) in [5.41, 5.74) is 1.09. The molecule has 23 heavy (non-hydrogen) atoms. The number of rotatable bonds is 9. The summed E-state index contributed by atoms with van der Waals surface area (Å²) in [5.74, 6) is 0.0778. The third-order valence-corrected chi connectivity index (χ3v) is 4.80. The second-order valence-electron chi connectivity index (χ2n) is 5.99. The van der Waals surface area contributed by atoms with E-state index in [2.05, 4.69) is 5.32 Å². The molecule has 0 unspecified atom stereocenters. The Hall–Kier alpha value is -1.11. The number of hydrogen-bond acceptors (Lipinski definition) is 3. The smallest absolute Gasteiger partial charge is 0.221 e. The summed E-state index contributed by atoms with van der Waals surface area (Å²) in [7, 11) is -3.28. The van der Waals surface area contributed by atoms with Crippen LogP contribution in [-0.4, -0.2) is 44.5 Å². The number of amides is 1. The van der Waals surface area contributed by atoms with Gasteiger partial charge < -0.3 is 5.32 Å². The molecule has 0 aliphatic heterocycles. The molecular formula is C16H25ClN2O3S. The van der Waals surface area contributed by atoms with Crippen LogP contribution >= 0.6 is 11.6 Å². The van der Waals surface area contributed by atoms with Gasteiger partial charge in [-0.2, -0.15) is 0 Å². The minimum atomic E-state index is -3.28. The number of sulfonamides is 1. The highest BCUT2D eigenvalue weighted by Crippen LogP contribution is 2.09. The van der Waals surface area contributed by atoms with Gasteiger partial charge in [0.2, 0.25) is 15.9 Å². The van der Waals surface area contributed by atoms with E-state index in [1.54, 1.807) is 0 Å². The molecule has 1 N–H and O–H groups in total. The number of nitrogens with one attached hydrogen (secondary N) is 1. The number of carbonyl (C=O) groups excluding carboxylic acids is 1. The van der Waals surface area contributed by atoms with Crippen molar-refractivity contribution in [1.82, 2.24) is 9.62 Å². The fraction of sp³-hybridized carbons (Fsp3) is 0.562. The molecule has 0 spiro atoms. The first-order valence-electron chi connectivity index (χ1n) is 7.64. The van der Waals surface area contributed by atoms with Crippen LogP contribution in [0.25, 0.3) is 0 Å². The summed E-state index contributed by atoms with van der Waals surface area (Å²) in [6, 6.07) is 7.47. The van der Waals surface area contributed by atoms with Crippen molar-refractivity contribution < 1.29 is 13.2 Å². The molecule has 0 aromatic heterocycles. The van der Waals surface area contributed by atoms with Crippen LogP contribution in [0.15, 0.2) is 24.3 Å². The molecule has 0 bridgehead atoms. The highest BCUT2D eigenvalue weighted by molar-refractivity contribution is 7.88. The molecule has 0 fully saturated rings. The minimum Gasteiger partial charge on any atom is -0.356 e. The topological polar surface area (TPSA) is 66.5 Å². The van der Waals surface area contributed by atoms with E-state index < -0.39 is 10.0 Å². The van der Waals surface area contributed by atoms with E-state index in [0.717, 1.165) is 5.56 Å². The molecule has 7 heteroatoms. The van der Waals surface area contributed by atoms with Crippen molar-refractivity contribution in [3.05, 3.63) is 34.9 Å². The Morgan fingerprint density at radius 2 is 1.87 bits per heavy atom. The van der Waals surface area contributed by atoms with Crippen LogP contribution in [0, 0.1) is 5.92 Å². The Bertz CT molecular complexity index is 600. The van der Waals surface area contributed by atoms with Crippen molar-refractivity contribution in [2.75, 3.05) is 25.9 Å². The van der Waals surface area contributed by atoms with E-state index in [9.17, 15) is 13.2 Å². The molecule has 0 heterocycles. The Labute approximate surface area is 144 Å². The van der Waals surface area contributed by atoms with Crippen LogP contribution < -0.4 is 5.32 Å². The summed E-state index contributed by atoms with van der Waals surface area (Å²) >= 11 is 5.82. The summed E-state index contributed by atoms with van der Waals surface area (Å²) in [6.45, 7) is 5.05. The maximum absolute atomic E-state index is 11.9. The molecule has 0 aliphatic rings. The van der Waals surface area contributed by atoms with Gasteiger partial charge >= 0.3 is 0 Å². The normalized spacial score (nSPS) is 11.9. The molecule has 1 aromatic rings. The molecule has 0 saturated carbocycles. The van der Waals surface area contributed by atoms with Crippen LogP contribution in [0.2, 0.25) is 5.02 Å². The second kappa shape index (κ2) is 9.25. The van der Waals surface area contributed by atoms with E-state index in [1.165, 1.54) is 10.6 Å². The summed E-state index contributed by atoms with van der Waals surface area (Å²) in [4.78, 5) is 11.9. The standard InChI is InChI=1S/C16H25ClN2O3S/c1-13(2)12-19(23(3,21)22)11-9-16(20)18-10-8-14-4-6-15(17)7-5-14/h4-7,13H,8-12H2,1-3H3,(H,18,20). The number of nitrogens with zero attached hydrogens (tertiary/aromatic N) is 1. The van der Waals surface area contributed by atoms with Crippen molar-refractivity contribution >= 4 is 27.5 Å². The van der Waals surface area contributed by atoms with Gasteiger partial charge in [-0.15, -0.1) is 0 Å². The Morgan fingerprint density at radius 1 is 1.26 bits per heavy atom. The predicted molar refractivity (Wildman–Crippen MR) is 94.0 cm³/mol. The van der Waals surface area contributed by atoms with E-state index >= 15 is 0 Å². The van der Waals surface area contributed by atoms with Crippen LogP contribution in [0.1, 0.15) is 25.8 Å². The van der Waals surface area contributed by atoms with E-state index in [4.69, 9.17) is 11.6 Å². The van der Waals surface area contributed by atoms with Crippen LogP contribution in [-0.2, 0) is 21.2 Å². The van der Waals surface area contributed by atoms with Gasteiger partial charge in [-0.05, 0) is 30.0 Å². The summed E-state index contributed by atoms with van der Waals surface area (Å²) in [5, 5.41) is 3.50. The molecule has 1 rings (SSSR count). The zero-order valence-electron chi connectivity index (χ0n) is 13.9. The third kappa shape index (κ3) is 8.34. The zero-order chi connectivity index (χ0) is 17.5. The van der Waals surface area contributed by atoms with Gasteiger partial charge in [-0.25, -0.2) is 12.7 Å². The lowest BCUT2D eigenvalue weighted by molar-refractivity contribution is -0.121. The highest BCUT2D eigenvalue weighted by atomic mass is 35.5. The summed E-state index contributed by atoms with van der Waals surface area (Å²) in [6.07, 6.45) is 2.05. The molecular weight excluding hydrogens is 336 g/mol. The lowest BCUT2D eigenvalue weighted by Crippen LogP contribution is -2.37. The molecule has 1 aromatic carbocycles. The van der Waals surface area contributed by atoms with Crippen molar-refractivity contribution in [3.63, 3.8) is 0 Å². The molecule has 1 amide bonds. The van der Waals surface area contributed by atoms with Crippen LogP contribution in [0.3, 0.4) is 0 Å². The quantitative estimate of drug-likeness (QED) is 0.734. The van der Waals surface area contributed by atoms with E-state index in [0.29, 0.717) is 24.5 Å². The third-order valence-electron chi connectivity index (χ3n) is 3.28. The Morgan fingerprint density at radius 3 is 2.39 bits per heavy atom. The Balaban J connectivity index is 2.36. The van der Waals surface area contributed by atoms with Crippen LogP contribution in [0.5, 0.6) is 0 Å². The maximum atomic E-state index is 11.9. The van der Waals surface area contributed by atoms with Gasteiger partial charge in [0.15, 0.2) is 0 Å². The number of hydrogen-bond donors (Lipinski definition) is 1. The van der Waals surface area contributed by atoms with Gasteiger partial charge in [0.05, 0.1) is 6.26 Å². The molecule has 0 radical (unpaired) electrons. The first-order valence-corrected chi connectivity index (χ1v) is 9.87. The highest BCUT2D eigenvalue weighted by Gasteiger charge is 2.18. The zero-order valence-corrected chi connectivity index (χ0v) is 15.5. The average molecular weight is 361 g/mol. The van der Waals surface area contributed by atoms with Gasteiger partial charge in [0.1, 0.15) is 0 Å². The van der Waals surface area contributed by atoms with Gasteiger partial charge in [0, 0.05) is 31.1 Å². The van der Waals surface area contributed by atoms with Gasteiger partial charge in [-0.1, -0.05) is 37.6 Å². The lowest BCUT2D eigenvalue weighted by Gasteiger charge is -2.21. The van der Waals surface area contributed by atoms with E-state index in [1.807, 2.05) is 38.1 Å². The van der Waals surface area contributed by atoms with Gasteiger partial charge in [-0.3, -0.25) is 4.79 Å². The SMILES string of the molecule is CC(C)CN(CCC(=O)NCCc1ccc(Cl)cc1)S(C)(=O)=O. The first kappa shape index (κ1) is 19.9. The fourth-order valence-electron chi connectivity index (χ4n) is 2.11. The minimum absolute atomic E-state index is 0.142. The van der Waals surface area contributed by atoms with Crippen LogP contribution in [0.4, 0.5) is 0 Å². The molecule has 0 atom stereocenters. The predicted octanol–water partition coefficient (Wildman–Crippen LogP) is 2.31. The Kier molecular flexibility index (Phi) is 8.02. The molecule has 0 saturated heterocycles. The number of halogens is 1. The van der Waals surface area contributed by atoms with Crippen molar-refractivity contribution in [2.45, 2.75) is 26.7 Å². The number of carbonyl (C=O) groups is 1. The largest absolute Gasteiger partial charge is 0.356 e. The molecule has 0 aliphatic carbocycles. The number of benzene rings is 1. The van der Waals surface area contributed by atoms with E-state index in [-0.39, 0.29) is 24.8 Å². The van der Waals surface area contributed by atoms with Crippen molar-refractivity contribution in [3.8, 4) is 0 Å². The van der Waals surface area contributed by atoms with Gasteiger partial charge in [0.25, 0.3) is 0 Å². The monoisotopic (exact) mass is 360 g/mol. The lowest BCUT2D eigenvalue weighted by atomic mass is 10.1. The second-order valence-corrected chi connectivity index (χ2v) is 8.41. The first-order chi connectivity index (χ1) is 10.7. The average Bonchev–Trinajstić information content (AvgIpc) is 2.44. The van der Waals surface area contributed by atoms with Crippen molar-refractivity contribution in [2.24, 2.45) is 5.92 Å². The molecule has 130 valence electrons. The van der Waals surface area contributed by atoms with Crippen molar-refractivity contribution in [1.29, 1.82) is 0 Å². The summed E-state index contributed by atoms with van der Waals surface area (Å²) < 4.78 is 24.7. The molecule has 5 nitrogen and oxygen atoms in total.